The van der Waals surface area contributed by atoms with Crippen LogP contribution in [-0.4, -0.2) is 66.3 Å². The van der Waals surface area contributed by atoms with Crippen LogP contribution in [-0.2, 0) is 16.0 Å². The first-order chi connectivity index (χ1) is 12.3. The molecule has 1 amide bonds. The van der Waals surface area contributed by atoms with Crippen LogP contribution in [0.5, 0.6) is 0 Å². The van der Waals surface area contributed by atoms with Crippen molar-refractivity contribution in [2.24, 2.45) is 0 Å². The van der Waals surface area contributed by atoms with Gasteiger partial charge in [-0.3, -0.25) is 9.69 Å². The van der Waals surface area contributed by atoms with Gasteiger partial charge >= 0.3 is 0 Å². The number of hydrogen-bond acceptors (Lipinski definition) is 5. The molecule has 4 rings (SSSR count). The van der Waals surface area contributed by atoms with Crippen LogP contribution < -0.4 is 0 Å². The lowest BCUT2D eigenvalue weighted by Gasteiger charge is -2.24. The van der Waals surface area contributed by atoms with Crippen molar-refractivity contribution in [3.63, 3.8) is 0 Å². The summed E-state index contributed by atoms with van der Waals surface area (Å²) in [5.41, 5.74) is 1.48. The largest absolute Gasteiger partial charge is 0.377 e. The minimum absolute atomic E-state index is 0.137. The zero-order valence-corrected chi connectivity index (χ0v) is 14.5. The van der Waals surface area contributed by atoms with Crippen molar-refractivity contribution in [3.05, 3.63) is 30.0 Å². The first-order valence-corrected chi connectivity index (χ1v) is 9.24. The van der Waals surface area contributed by atoms with Crippen molar-refractivity contribution >= 4 is 16.9 Å². The molecule has 1 aromatic carbocycles. The molecule has 0 N–H and O–H groups in total. The van der Waals surface area contributed by atoms with E-state index in [1.54, 1.807) is 0 Å². The van der Waals surface area contributed by atoms with E-state index in [0.29, 0.717) is 12.5 Å². The summed E-state index contributed by atoms with van der Waals surface area (Å²) >= 11 is 0. The van der Waals surface area contributed by atoms with E-state index in [1.807, 2.05) is 29.2 Å². The van der Waals surface area contributed by atoms with Gasteiger partial charge in [-0.2, -0.15) is 0 Å². The molecule has 25 heavy (non-hydrogen) atoms. The average molecular weight is 343 g/mol. The van der Waals surface area contributed by atoms with Crippen molar-refractivity contribution in [2.75, 3.05) is 39.3 Å². The fourth-order valence-electron chi connectivity index (χ4n) is 3.80. The number of aromatic nitrogens is 1. The number of rotatable bonds is 4. The van der Waals surface area contributed by atoms with E-state index in [9.17, 15) is 4.79 Å². The Morgan fingerprint density at radius 2 is 2.08 bits per heavy atom. The molecule has 2 aliphatic rings. The molecule has 3 heterocycles. The Bertz CT molecular complexity index is 724. The van der Waals surface area contributed by atoms with Gasteiger partial charge in [0.05, 0.1) is 12.5 Å². The first-order valence-electron chi connectivity index (χ1n) is 9.24. The number of carbonyl (C=O) groups is 1. The first kappa shape index (κ1) is 16.5. The van der Waals surface area contributed by atoms with Crippen LogP contribution in [0.25, 0.3) is 11.0 Å². The Kier molecular flexibility index (Phi) is 4.99. The summed E-state index contributed by atoms with van der Waals surface area (Å²) in [6.45, 7) is 5.45. The van der Waals surface area contributed by atoms with Gasteiger partial charge in [0, 0.05) is 38.2 Å². The minimum atomic E-state index is 0.137. The van der Waals surface area contributed by atoms with Gasteiger partial charge < -0.3 is 14.2 Å². The van der Waals surface area contributed by atoms with Crippen molar-refractivity contribution in [2.45, 2.75) is 31.8 Å². The summed E-state index contributed by atoms with van der Waals surface area (Å²) in [4.78, 5) is 17.1. The molecule has 1 atom stereocenters. The Morgan fingerprint density at radius 1 is 1.16 bits per heavy atom. The highest BCUT2D eigenvalue weighted by Crippen LogP contribution is 2.19. The molecule has 1 aromatic heterocycles. The molecule has 2 aliphatic heterocycles. The van der Waals surface area contributed by atoms with Gasteiger partial charge in [0.2, 0.25) is 5.91 Å². The Hall–Kier alpha value is -1.92. The van der Waals surface area contributed by atoms with Gasteiger partial charge in [0.25, 0.3) is 0 Å². The molecule has 0 bridgehead atoms. The summed E-state index contributed by atoms with van der Waals surface area (Å²) in [7, 11) is 0. The molecule has 0 spiro atoms. The topological polar surface area (TPSA) is 58.8 Å². The molecule has 2 fully saturated rings. The predicted octanol–water partition coefficient (Wildman–Crippen LogP) is 2.08. The molecule has 1 unspecified atom stereocenters. The number of hydrogen-bond donors (Lipinski definition) is 0. The van der Waals surface area contributed by atoms with Gasteiger partial charge in [-0.15, -0.1) is 0 Å². The third kappa shape index (κ3) is 3.85. The maximum atomic E-state index is 12.7. The third-order valence-electron chi connectivity index (χ3n) is 5.20. The van der Waals surface area contributed by atoms with Gasteiger partial charge in [0.15, 0.2) is 5.58 Å². The summed E-state index contributed by atoms with van der Waals surface area (Å²) in [5, 5.41) is 5.02. The van der Waals surface area contributed by atoms with Crippen molar-refractivity contribution < 1.29 is 14.1 Å². The quantitative estimate of drug-likeness (QED) is 0.851. The molecule has 134 valence electrons. The Balaban J connectivity index is 1.34. The SMILES string of the molecule is O=C(Cc1noc2ccccc12)N1CCCN(CC2CCCO2)CC1. The van der Waals surface area contributed by atoms with E-state index < -0.39 is 0 Å². The predicted molar refractivity (Wildman–Crippen MR) is 94.3 cm³/mol. The molecule has 0 radical (unpaired) electrons. The van der Waals surface area contributed by atoms with E-state index in [2.05, 4.69) is 10.1 Å². The molecule has 6 heteroatoms. The van der Waals surface area contributed by atoms with E-state index in [4.69, 9.17) is 9.26 Å². The second-order valence-electron chi connectivity index (χ2n) is 6.97. The number of amides is 1. The number of benzene rings is 1. The highest BCUT2D eigenvalue weighted by Gasteiger charge is 2.24. The lowest BCUT2D eigenvalue weighted by Crippen LogP contribution is -2.38. The van der Waals surface area contributed by atoms with Gasteiger partial charge in [0.1, 0.15) is 5.69 Å². The number of fused-ring (bicyclic) bond motifs is 1. The molecule has 2 aromatic rings. The summed E-state index contributed by atoms with van der Waals surface area (Å²) < 4.78 is 11.1. The van der Waals surface area contributed by atoms with Gasteiger partial charge in [-0.25, -0.2) is 0 Å². The summed E-state index contributed by atoms with van der Waals surface area (Å²) in [5.74, 6) is 0.137. The van der Waals surface area contributed by atoms with Gasteiger partial charge in [-0.05, 0) is 37.9 Å². The standard InChI is InChI=1S/C19H25N3O3/c23-19(13-17-16-6-1-2-7-18(16)25-20-17)22-9-4-8-21(10-11-22)14-15-5-3-12-24-15/h1-2,6-7,15H,3-5,8-14H2. The van der Waals surface area contributed by atoms with Crippen molar-refractivity contribution in [3.8, 4) is 0 Å². The second kappa shape index (κ2) is 7.54. The lowest BCUT2D eigenvalue weighted by molar-refractivity contribution is -0.130. The van der Waals surface area contributed by atoms with Crippen molar-refractivity contribution in [1.82, 2.24) is 15.0 Å². The normalized spacial score (nSPS) is 22.4. The number of nitrogens with zero attached hydrogens (tertiary/aromatic N) is 3. The van der Waals surface area contributed by atoms with Crippen molar-refractivity contribution in [1.29, 1.82) is 0 Å². The zero-order valence-electron chi connectivity index (χ0n) is 14.5. The minimum Gasteiger partial charge on any atom is -0.377 e. The van der Waals surface area contributed by atoms with Crippen LogP contribution in [0.15, 0.2) is 28.8 Å². The van der Waals surface area contributed by atoms with Crippen LogP contribution in [0.2, 0.25) is 0 Å². The van der Waals surface area contributed by atoms with Crippen LogP contribution in [0.4, 0.5) is 0 Å². The molecular weight excluding hydrogens is 318 g/mol. The number of carbonyl (C=O) groups excluding carboxylic acids is 1. The smallest absolute Gasteiger partial charge is 0.228 e. The highest BCUT2D eigenvalue weighted by atomic mass is 16.5. The highest BCUT2D eigenvalue weighted by molar-refractivity contribution is 5.86. The summed E-state index contributed by atoms with van der Waals surface area (Å²) in [6.07, 6.45) is 4.04. The number of ether oxygens (including phenoxy) is 1. The molecule has 0 aliphatic carbocycles. The average Bonchev–Trinajstić information content (AvgIpc) is 3.21. The summed E-state index contributed by atoms with van der Waals surface area (Å²) in [6, 6.07) is 7.70. The maximum Gasteiger partial charge on any atom is 0.228 e. The van der Waals surface area contributed by atoms with E-state index in [0.717, 1.165) is 62.4 Å². The fraction of sp³-hybridized carbons (Fsp3) is 0.579. The van der Waals surface area contributed by atoms with E-state index in [-0.39, 0.29) is 5.91 Å². The third-order valence-corrected chi connectivity index (χ3v) is 5.20. The monoisotopic (exact) mass is 343 g/mol. The zero-order chi connectivity index (χ0) is 17.1. The van der Waals surface area contributed by atoms with E-state index >= 15 is 0 Å². The second-order valence-corrected chi connectivity index (χ2v) is 6.97. The van der Waals surface area contributed by atoms with Gasteiger partial charge in [-0.1, -0.05) is 17.3 Å². The molecule has 6 nitrogen and oxygen atoms in total. The molecular formula is C19H25N3O3. The Labute approximate surface area is 147 Å². The van der Waals surface area contributed by atoms with Crippen LogP contribution >= 0.6 is 0 Å². The van der Waals surface area contributed by atoms with Crippen LogP contribution in [0.1, 0.15) is 25.0 Å². The molecule has 0 saturated carbocycles. The van der Waals surface area contributed by atoms with Crippen LogP contribution in [0, 0.1) is 0 Å². The maximum absolute atomic E-state index is 12.7. The fourth-order valence-corrected chi connectivity index (χ4v) is 3.80. The lowest BCUT2D eigenvalue weighted by atomic mass is 10.1. The molecule has 2 saturated heterocycles. The Morgan fingerprint density at radius 3 is 2.96 bits per heavy atom. The number of para-hydroxylation sites is 1. The van der Waals surface area contributed by atoms with E-state index in [1.165, 1.54) is 12.8 Å². The van der Waals surface area contributed by atoms with Crippen LogP contribution in [0.3, 0.4) is 0 Å².